The first-order valence-corrected chi connectivity index (χ1v) is 6.03. The maximum Gasteiger partial charge on any atom is 0.115 e. The maximum absolute atomic E-state index is 9.49. The van der Waals surface area contributed by atoms with Crippen molar-refractivity contribution in [3.63, 3.8) is 0 Å². The summed E-state index contributed by atoms with van der Waals surface area (Å²) in [4.78, 5) is 0. The summed E-state index contributed by atoms with van der Waals surface area (Å²) in [6, 6.07) is 16.8. The number of aromatic hydroxyl groups is 2. The number of nitrogens with zero attached hydrogens (tertiary/aromatic N) is 2. The number of rotatable bonds is 3. The number of phenolic OH excluding ortho intramolecular Hbond substituents is 2. The Labute approximate surface area is 116 Å². The molecule has 2 unspecified atom stereocenters. The highest BCUT2D eigenvalue weighted by Crippen LogP contribution is 2.33. The first-order chi connectivity index (χ1) is 9.65. The van der Waals surface area contributed by atoms with Crippen LogP contribution in [0.15, 0.2) is 48.5 Å². The van der Waals surface area contributed by atoms with Crippen molar-refractivity contribution >= 4 is 0 Å². The molecule has 20 heavy (non-hydrogen) atoms. The monoisotopic (exact) mass is 264 g/mol. The second kappa shape index (κ2) is 5.77. The van der Waals surface area contributed by atoms with Crippen LogP contribution in [0.5, 0.6) is 11.5 Å². The molecule has 98 valence electrons. The Kier molecular flexibility index (Phi) is 3.88. The van der Waals surface area contributed by atoms with E-state index < -0.39 is 11.8 Å². The maximum atomic E-state index is 9.49. The molecule has 0 aliphatic carbocycles. The topological polar surface area (TPSA) is 88.0 Å². The molecule has 0 aliphatic heterocycles. The summed E-state index contributed by atoms with van der Waals surface area (Å²) < 4.78 is 0. The highest BCUT2D eigenvalue weighted by Gasteiger charge is 2.25. The predicted octanol–water partition coefficient (Wildman–Crippen LogP) is 3.01. The van der Waals surface area contributed by atoms with Crippen LogP contribution in [0.1, 0.15) is 23.0 Å². The van der Waals surface area contributed by atoms with Crippen LogP contribution in [0.2, 0.25) is 0 Å². The molecule has 4 heteroatoms. The predicted molar refractivity (Wildman–Crippen MR) is 72.9 cm³/mol. The zero-order chi connectivity index (χ0) is 14.5. The number of hydrogen-bond acceptors (Lipinski definition) is 4. The van der Waals surface area contributed by atoms with Crippen LogP contribution >= 0.6 is 0 Å². The van der Waals surface area contributed by atoms with Crippen molar-refractivity contribution in [3.8, 4) is 23.6 Å². The van der Waals surface area contributed by atoms with E-state index in [1.54, 1.807) is 24.3 Å². The zero-order valence-corrected chi connectivity index (χ0v) is 10.6. The Balaban J connectivity index is 2.41. The summed E-state index contributed by atoms with van der Waals surface area (Å²) in [5.41, 5.74) is 1.24. The van der Waals surface area contributed by atoms with E-state index in [-0.39, 0.29) is 11.5 Å². The van der Waals surface area contributed by atoms with Gasteiger partial charge in [0.05, 0.1) is 24.0 Å². The van der Waals surface area contributed by atoms with Crippen LogP contribution < -0.4 is 0 Å². The SMILES string of the molecule is N#CC(c1ccc(O)cc1)C(C#N)c1cccc(O)c1. The number of phenols is 2. The normalized spacial score (nSPS) is 12.9. The van der Waals surface area contributed by atoms with E-state index in [9.17, 15) is 20.7 Å². The lowest BCUT2D eigenvalue weighted by molar-refractivity contribution is 0.474. The van der Waals surface area contributed by atoms with E-state index in [0.717, 1.165) is 0 Å². The number of nitriles is 2. The first-order valence-electron chi connectivity index (χ1n) is 6.03. The summed E-state index contributed by atoms with van der Waals surface area (Å²) >= 11 is 0. The van der Waals surface area contributed by atoms with Gasteiger partial charge in [0.15, 0.2) is 0 Å². The van der Waals surface area contributed by atoms with Crippen LogP contribution in [0.4, 0.5) is 0 Å². The molecule has 2 aromatic carbocycles. The van der Waals surface area contributed by atoms with Gasteiger partial charge in [-0.25, -0.2) is 0 Å². The number of benzene rings is 2. The van der Waals surface area contributed by atoms with Gasteiger partial charge in [0.2, 0.25) is 0 Å². The van der Waals surface area contributed by atoms with Gasteiger partial charge in [-0.3, -0.25) is 0 Å². The Morgan fingerprint density at radius 1 is 0.750 bits per heavy atom. The Hall–Kier alpha value is -2.98. The van der Waals surface area contributed by atoms with Crippen LogP contribution in [-0.2, 0) is 0 Å². The molecule has 2 aromatic rings. The standard InChI is InChI=1S/C16H12N2O2/c17-9-15(11-4-6-13(19)7-5-11)16(10-18)12-2-1-3-14(20)8-12/h1-8,15-16,19-20H. The average molecular weight is 264 g/mol. The highest BCUT2D eigenvalue weighted by molar-refractivity contribution is 5.41. The lowest BCUT2D eigenvalue weighted by Gasteiger charge is -2.16. The molecule has 0 heterocycles. The smallest absolute Gasteiger partial charge is 0.115 e. The summed E-state index contributed by atoms with van der Waals surface area (Å²) in [5, 5.41) is 37.5. The van der Waals surface area contributed by atoms with Gasteiger partial charge in [0.1, 0.15) is 11.5 Å². The van der Waals surface area contributed by atoms with E-state index in [2.05, 4.69) is 12.1 Å². The Bertz CT molecular complexity index is 681. The fraction of sp³-hybridized carbons (Fsp3) is 0.125. The molecule has 0 spiro atoms. The van der Waals surface area contributed by atoms with Gasteiger partial charge in [-0.2, -0.15) is 10.5 Å². The third kappa shape index (κ3) is 2.71. The van der Waals surface area contributed by atoms with Crippen LogP contribution in [0, 0.1) is 22.7 Å². The van der Waals surface area contributed by atoms with Gasteiger partial charge in [-0.05, 0) is 35.4 Å². The van der Waals surface area contributed by atoms with Crippen molar-refractivity contribution in [3.05, 3.63) is 59.7 Å². The molecule has 2 atom stereocenters. The minimum atomic E-state index is -0.684. The minimum absolute atomic E-state index is 0.0603. The molecule has 0 radical (unpaired) electrons. The minimum Gasteiger partial charge on any atom is -0.508 e. The third-order valence-electron chi connectivity index (χ3n) is 3.09. The largest absolute Gasteiger partial charge is 0.508 e. The van der Waals surface area contributed by atoms with Crippen LogP contribution in [0.3, 0.4) is 0 Å². The molecular weight excluding hydrogens is 252 g/mol. The van der Waals surface area contributed by atoms with E-state index in [0.29, 0.717) is 11.1 Å². The lowest BCUT2D eigenvalue weighted by atomic mass is 9.83. The summed E-state index contributed by atoms with van der Waals surface area (Å²) in [7, 11) is 0. The highest BCUT2D eigenvalue weighted by atomic mass is 16.3. The molecule has 0 aliphatic rings. The van der Waals surface area contributed by atoms with Gasteiger partial charge < -0.3 is 10.2 Å². The molecule has 2 N–H and O–H groups in total. The van der Waals surface area contributed by atoms with Crippen LogP contribution in [0.25, 0.3) is 0 Å². The second-order valence-corrected chi connectivity index (χ2v) is 4.40. The summed E-state index contributed by atoms with van der Waals surface area (Å²) in [5.74, 6) is -1.18. The quantitative estimate of drug-likeness (QED) is 0.891. The summed E-state index contributed by atoms with van der Waals surface area (Å²) in [6.07, 6.45) is 0. The van der Waals surface area contributed by atoms with Crippen molar-refractivity contribution < 1.29 is 10.2 Å². The number of hydrogen-bond donors (Lipinski definition) is 2. The van der Waals surface area contributed by atoms with E-state index in [1.807, 2.05) is 0 Å². The molecule has 0 saturated heterocycles. The summed E-state index contributed by atoms with van der Waals surface area (Å²) in [6.45, 7) is 0. The van der Waals surface area contributed by atoms with Gasteiger partial charge >= 0.3 is 0 Å². The fourth-order valence-corrected chi connectivity index (χ4v) is 2.08. The molecule has 0 amide bonds. The van der Waals surface area contributed by atoms with Crippen molar-refractivity contribution in [1.82, 2.24) is 0 Å². The zero-order valence-electron chi connectivity index (χ0n) is 10.6. The van der Waals surface area contributed by atoms with Crippen molar-refractivity contribution in [1.29, 1.82) is 10.5 Å². The fourth-order valence-electron chi connectivity index (χ4n) is 2.08. The van der Waals surface area contributed by atoms with Gasteiger partial charge in [0, 0.05) is 0 Å². The lowest BCUT2D eigenvalue weighted by Crippen LogP contribution is -2.08. The van der Waals surface area contributed by atoms with Crippen LogP contribution in [-0.4, -0.2) is 10.2 Å². The molecule has 0 fully saturated rings. The third-order valence-corrected chi connectivity index (χ3v) is 3.09. The second-order valence-electron chi connectivity index (χ2n) is 4.40. The molecule has 2 rings (SSSR count). The van der Waals surface area contributed by atoms with Crippen molar-refractivity contribution in [2.24, 2.45) is 0 Å². The van der Waals surface area contributed by atoms with Crippen molar-refractivity contribution in [2.75, 3.05) is 0 Å². The average Bonchev–Trinajstić information content (AvgIpc) is 2.46. The van der Waals surface area contributed by atoms with E-state index in [4.69, 9.17) is 0 Å². The van der Waals surface area contributed by atoms with Gasteiger partial charge in [-0.1, -0.05) is 24.3 Å². The Morgan fingerprint density at radius 3 is 1.90 bits per heavy atom. The van der Waals surface area contributed by atoms with Crippen molar-refractivity contribution in [2.45, 2.75) is 11.8 Å². The Morgan fingerprint density at radius 2 is 1.35 bits per heavy atom. The molecule has 0 saturated carbocycles. The van der Waals surface area contributed by atoms with E-state index in [1.165, 1.54) is 24.3 Å². The molecule has 0 bridgehead atoms. The van der Waals surface area contributed by atoms with Gasteiger partial charge in [0.25, 0.3) is 0 Å². The van der Waals surface area contributed by atoms with Gasteiger partial charge in [-0.15, -0.1) is 0 Å². The first kappa shape index (κ1) is 13.5. The van der Waals surface area contributed by atoms with E-state index >= 15 is 0 Å². The molecule has 4 nitrogen and oxygen atoms in total. The molecule has 0 aromatic heterocycles. The molecular formula is C16H12N2O2.